The predicted octanol–water partition coefficient (Wildman–Crippen LogP) is -7.85. The molecule has 0 saturated carbocycles. The molecule has 0 amide bonds. The van der Waals surface area contributed by atoms with Crippen molar-refractivity contribution < 1.29 is 35.4 Å². The molecule has 0 aliphatic carbocycles. The van der Waals surface area contributed by atoms with Gasteiger partial charge in [-0.3, -0.25) is 5.32 Å². The average Bonchev–Trinajstić information content (AvgIpc) is 2.13. The lowest BCUT2D eigenvalue weighted by Gasteiger charge is -2.02. The Morgan fingerprint density at radius 1 is 1.31 bits per heavy atom. The van der Waals surface area contributed by atoms with Crippen LogP contribution in [-0.2, 0) is 0 Å². The Hall–Kier alpha value is -0.800. The topological polar surface area (TPSA) is 61.2 Å². The first-order valence-electron chi connectivity index (χ1n) is 4.53. The van der Waals surface area contributed by atoms with Crippen LogP contribution in [0.3, 0.4) is 0 Å². The summed E-state index contributed by atoms with van der Waals surface area (Å²) < 4.78 is 0. The summed E-state index contributed by atoms with van der Waals surface area (Å²) in [5.41, 5.74) is 0.676. The average molecular weight is 268 g/mol. The van der Waals surface area contributed by atoms with E-state index in [4.69, 9.17) is 0 Å². The summed E-state index contributed by atoms with van der Waals surface area (Å²) in [5.74, 6) is 2.90. The van der Waals surface area contributed by atoms with Crippen LogP contribution in [0.5, 0.6) is 0 Å². The van der Waals surface area contributed by atoms with Crippen LogP contribution in [0.4, 0.5) is 0 Å². The zero-order valence-corrected chi connectivity index (χ0v) is 11.5. The SMILES string of the molecule is C[NH2+]C#C/C(=C/N(C)C)N=NC[NH2+]C.[Cl-].[Cl-]. The van der Waals surface area contributed by atoms with Crippen LogP contribution in [0.25, 0.3) is 0 Å². The molecule has 7 heteroatoms. The number of hydrogen-bond donors (Lipinski definition) is 2. The number of allylic oxidation sites excluding steroid dienone is 1. The number of quaternary nitrogens is 2. The quantitative estimate of drug-likeness (QED) is 0.386. The molecule has 0 bridgehead atoms. The third kappa shape index (κ3) is 13.2. The molecule has 0 unspecified atom stereocenters. The molecule has 0 saturated heterocycles. The Bertz CT molecular complexity index is 265. The minimum atomic E-state index is 0. The molecular formula is C9H19Cl2N5. The summed E-state index contributed by atoms with van der Waals surface area (Å²) in [7, 11) is 7.69. The fourth-order valence-electron chi connectivity index (χ4n) is 0.672. The molecule has 0 spiro atoms. The van der Waals surface area contributed by atoms with Gasteiger partial charge < -0.3 is 35.0 Å². The Morgan fingerprint density at radius 2 is 1.94 bits per heavy atom. The Kier molecular flexibility index (Phi) is 18.3. The van der Waals surface area contributed by atoms with E-state index in [1.165, 1.54) is 0 Å². The molecule has 0 aliphatic heterocycles. The highest BCUT2D eigenvalue weighted by Crippen LogP contribution is 1.95. The molecular weight excluding hydrogens is 249 g/mol. The van der Waals surface area contributed by atoms with Gasteiger partial charge in [0.05, 0.1) is 14.1 Å². The van der Waals surface area contributed by atoms with Crippen LogP contribution in [0.2, 0.25) is 0 Å². The number of rotatable bonds is 4. The molecule has 0 atom stereocenters. The Morgan fingerprint density at radius 3 is 2.38 bits per heavy atom. The highest BCUT2D eigenvalue weighted by molar-refractivity contribution is 5.23. The summed E-state index contributed by atoms with van der Waals surface area (Å²) in [5, 5.41) is 11.7. The van der Waals surface area contributed by atoms with Crippen molar-refractivity contribution in [2.24, 2.45) is 10.2 Å². The third-order valence-corrected chi connectivity index (χ3v) is 1.17. The first-order chi connectivity index (χ1) is 6.70. The molecule has 94 valence electrons. The van der Waals surface area contributed by atoms with Crippen molar-refractivity contribution in [3.8, 4) is 12.0 Å². The van der Waals surface area contributed by atoms with Crippen LogP contribution in [0.1, 0.15) is 0 Å². The van der Waals surface area contributed by atoms with Crippen molar-refractivity contribution >= 4 is 0 Å². The predicted molar refractivity (Wildman–Crippen MR) is 55.0 cm³/mol. The molecule has 0 rings (SSSR count). The van der Waals surface area contributed by atoms with E-state index in [0.717, 1.165) is 0 Å². The molecule has 0 aromatic carbocycles. The lowest BCUT2D eigenvalue weighted by Crippen LogP contribution is -3.00. The second kappa shape index (κ2) is 14.2. The summed E-state index contributed by atoms with van der Waals surface area (Å²) in [6.45, 7) is 0.627. The fourth-order valence-corrected chi connectivity index (χ4v) is 0.672. The largest absolute Gasteiger partial charge is 1.00 e. The molecule has 16 heavy (non-hydrogen) atoms. The van der Waals surface area contributed by atoms with Gasteiger partial charge in [-0.15, -0.1) is 10.2 Å². The lowest BCUT2D eigenvalue weighted by molar-refractivity contribution is -0.626. The van der Waals surface area contributed by atoms with Crippen molar-refractivity contribution in [1.29, 1.82) is 0 Å². The van der Waals surface area contributed by atoms with Gasteiger partial charge in [0.25, 0.3) is 0 Å². The highest BCUT2D eigenvalue weighted by atomic mass is 35.5. The number of halogens is 2. The molecule has 0 aromatic heterocycles. The first-order valence-corrected chi connectivity index (χ1v) is 4.53. The molecule has 0 aliphatic rings. The maximum absolute atomic E-state index is 4.01. The summed E-state index contributed by atoms with van der Waals surface area (Å²) in [6, 6.07) is 2.85. The van der Waals surface area contributed by atoms with E-state index >= 15 is 0 Å². The van der Waals surface area contributed by atoms with E-state index in [1.807, 2.05) is 44.6 Å². The second-order valence-corrected chi connectivity index (χ2v) is 2.87. The van der Waals surface area contributed by atoms with Gasteiger partial charge in [0.1, 0.15) is 6.04 Å². The maximum Gasteiger partial charge on any atom is 0.189 e. The first kappa shape index (κ1) is 20.6. The molecule has 4 N–H and O–H groups in total. The van der Waals surface area contributed by atoms with Crippen molar-refractivity contribution in [1.82, 2.24) is 4.90 Å². The van der Waals surface area contributed by atoms with Crippen molar-refractivity contribution in [3.05, 3.63) is 11.9 Å². The van der Waals surface area contributed by atoms with Gasteiger partial charge in [-0.05, 0) is 0 Å². The zero-order chi connectivity index (χ0) is 10.8. The maximum atomic E-state index is 4.01. The minimum Gasteiger partial charge on any atom is -1.00 e. The normalized spacial score (nSPS) is 9.88. The minimum absolute atomic E-state index is 0. The smallest absolute Gasteiger partial charge is 0.189 e. The molecule has 5 nitrogen and oxygen atoms in total. The van der Waals surface area contributed by atoms with Gasteiger partial charge in [-0.2, -0.15) is 0 Å². The second-order valence-electron chi connectivity index (χ2n) is 2.87. The fraction of sp³-hybridized carbons (Fsp3) is 0.556. The Balaban J connectivity index is -0.000000845. The van der Waals surface area contributed by atoms with Gasteiger partial charge >= 0.3 is 0 Å². The van der Waals surface area contributed by atoms with Gasteiger partial charge in [0.2, 0.25) is 0 Å². The van der Waals surface area contributed by atoms with Crippen LogP contribution < -0.4 is 35.4 Å². The highest BCUT2D eigenvalue weighted by Gasteiger charge is 1.90. The molecule has 0 fully saturated rings. The van der Waals surface area contributed by atoms with Gasteiger partial charge in [-0.25, -0.2) is 0 Å². The Labute approximate surface area is 110 Å². The molecule has 0 heterocycles. The van der Waals surface area contributed by atoms with Crippen molar-refractivity contribution in [2.75, 3.05) is 34.9 Å². The third-order valence-electron chi connectivity index (χ3n) is 1.17. The number of hydrogen-bond acceptors (Lipinski definition) is 3. The van der Waals surface area contributed by atoms with E-state index in [-0.39, 0.29) is 24.8 Å². The molecule has 0 radical (unpaired) electrons. The van der Waals surface area contributed by atoms with Crippen molar-refractivity contribution in [3.63, 3.8) is 0 Å². The van der Waals surface area contributed by atoms with Crippen molar-refractivity contribution in [2.45, 2.75) is 0 Å². The molecule has 0 aromatic rings. The van der Waals surface area contributed by atoms with Gasteiger partial charge in [0, 0.05) is 26.2 Å². The number of nitrogens with two attached hydrogens (primary N) is 2. The zero-order valence-electron chi connectivity index (χ0n) is 10.0. The van der Waals surface area contributed by atoms with E-state index < -0.39 is 0 Å². The number of nitrogens with zero attached hydrogens (tertiary/aromatic N) is 3. The van der Waals surface area contributed by atoms with E-state index in [0.29, 0.717) is 12.4 Å². The standard InChI is InChI=1S/C9H17N5.2ClH/c1-10-6-5-9(7-14(3)4)13-12-8-11-2;;/h7,10-11H,8H2,1-4H3;2*1H/b9-7-,13-12?;;. The summed E-state index contributed by atoms with van der Waals surface area (Å²) in [4.78, 5) is 1.90. The summed E-state index contributed by atoms with van der Waals surface area (Å²) in [6.07, 6.45) is 1.84. The van der Waals surface area contributed by atoms with E-state index in [9.17, 15) is 0 Å². The van der Waals surface area contributed by atoms with Crippen LogP contribution in [-0.4, -0.2) is 39.8 Å². The summed E-state index contributed by atoms with van der Waals surface area (Å²) >= 11 is 0. The van der Waals surface area contributed by atoms with Crippen LogP contribution >= 0.6 is 0 Å². The van der Waals surface area contributed by atoms with Crippen LogP contribution in [0, 0.1) is 12.0 Å². The van der Waals surface area contributed by atoms with Gasteiger partial charge in [-0.1, -0.05) is 0 Å². The lowest BCUT2D eigenvalue weighted by atomic mass is 10.5. The van der Waals surface area contributed by atoms with Crippen LogP contribution in [0.15, 0.2) is 22.1 Å². The van der Waals surface area contributed by atoms with Gasteiger partial charge in [0.15, 0.2) is 12.4 Å². The monoisotopic (exact) mass is 267 g/mol. The van der Waals surface area contributed by atoms with E-state index in [1.54, 1.807) is 5.32 Å². The van der Waals surface area contributed by atoms with E-state index in [2.05, 4.69) is 22.2 Å². The number of azo groups is 1.